The van der Waals surface area contributed by atoms with Crippen LogP contribution in [0.4, 0.5) is 5.69 Å². The quantitative estimate of drug-likeness (QED) is 0.248. The molecule has 0 saturated heterocycles. The lowest BCUT2D eigenvalue weighted by Gasteiger charge is -2.14. The van der Waals surface area contributed by atoms with Gasteiger partial charge in [0.05, 0.1) is 21.8 Å². The van der Waals surface area contributed by atoms with Crippen LogP contribution in [0.2, 0.25) is 5.02 Å². The van der Waals surface area contributed by atoms with E-state index in [1.807, 2.05) is 68.4 Å². The zero-order valence-corrected chi connectivity index (χ0v) is 22.1. The summed E-state index contributed by atoms with van der Waals surface area (Å²) in [6.07, 6.45) is 0. The third-order valence-electron chi connectivity index (χ3n) is 5.04. The number of amides is 1. The predicted molar refractivity (Wildman–Crippen MR) is 139 cm³/mol. The van der Waals surface area contributed by atoms with E-state index < -0.39 is 0 Å². The van der Waals surface area contributed by atoms with Crippen LogP contribution in [0.3, 0.4) is 0 Å². The fraction of sp³-hybridized carbons (Fsp3) is 0.0833. The standard InChI is InChI=1S/C24H16Br3ClN2O/c1-12-9-16(26)10-17-18(24(31)30-20-8-7-19(27)22(28)13(20)2)11-21(29-23(12)17)14-3-5-15(25)6-4-14/h3-11H,1-2H3,(H,30,31). The molecular weight excluding hydrogens is 607 g/mol. The molecule has 0 saturated carbocycles. The lowest BCUT2D eigenvalue weighted by atomic mass is 10.0. The number of carbonyl (C=O) groups excluding carboxylic acids is 1. The molecule has 3 aromatic carbocycles. The van der Waals surface area contributed by atoms with Crippen LogP contribution in [0.25, 0.3) is 22.2 Å². The minimum Gasteiger partial charge on any atom is -0.322 e. The first kappa shape index (κ1) is 22.5. The number of hydrogen-bond donors (Lipinski definition) is 1. The molecule has 0 bridgehead atoms. The maximum atomic E-state index is 13.4. The van der Waals surface area contributed by atoms with Gasteiger partial charge in [0.15, 0.2) is 0 Å². The zero-order valence-electron chi connectivity index (χ0n) is 16.6. The van der Waals surface area contributed by atoms with Crippen LogP contribution in [0.1, 0.15) is 21.5 Å². The third kappa shape index (κ3) is 4.58. The number of nitrogens with one attached hydrogen (secondary N) is 1. The summed E-state index contributed by atoms with van der Waals surface area (Å²) in [5.41, 5.74) is 5.46. The number of anilines is 1. The second-order valence-electron chi connectivity index (χ2n) is 7.17. The lowest BCUT2D eigenvalue weighted by Crippen LogP contribution is -2.14. The van der Waals surface area contributed by atoms with Crippen LogP contribution in [-0.2, 0) is 0 Å². The molecule has 1 aromatic heterocycles. The Kier molecular flexibility index (Phi) is 6.54. The molecule has 3 nitrogen and oxygen atoms in total. The Morgan fingerprint density at radius 3 is 2.35 bits per heavy atom. The van der Waals surface area contributed by atoms with Crippen LogP contribution in [0.5, 0.6) is 0 Å². The van der Waals surface area contributed by atoms with Crippen molar-refractivity contribution >= 4 is 81.9 Å². The molecule has 0 fully saturated rings. The van der Waals surface area contributed by atoms with E-state index in [0.29, 0.717) is 16.3 Å². The fourth-order valence-corrected chi connectivity index (χ4v) is 4.82. The van der Waals surface area contributed by atoms with Crippen LogP contribution < -0.4 is 5.32 Å². The van der Waals surface area contributed by atoms with Crippen molar-refractivity contribution in [2.75, 3.05) is 5.32 Å². The van der Waals surface area contributed by atoms with Gasteiger partial charge in [-0.05, 0) is 83.4 Å². The van der Waals surface area contributed by atoms with Crippen molar-refractivity contribution in [2.24, 2.45) is 0 Å². The van der Waals surface area contributed by atoms with E-state index in [2.05, 4.69) is 53.1 Å². The van der Waals surface area contributed by atoms with Gasteiger partial charge in [-0.3, -0.25) is 4.79 Å². The molecule has 0 atom stereocenters. The Morgan fingerprint density at radius 1 is 0.935 bits per heavy atom. The predicted octanol–water partition coefficient (Wildman–Crippen LogP) is 8.71. The van der Waals surface area contributed by atoms with Gasteiger partial charge in [0.2, 0.25) is 0 Å². The Balaban J connectivity index is 1.88. The van der Waals surface area contributed by atoms with Gasteiger partial charge in [0, 0.05) is 30.1 Å². The summed E-state index contributed by atoms with van der Waals surface area (Å²) < 4.78 is 2.67. The van der Waals surface area contributed by atoms with Crippen molar-refractivity contribution in [3.8, 4) is 11.3 Å². The van der Waals surface area contributed by atoms with E-state index >= 15 is 0 Å². The highest BCUT2D eigenvalue weighted by atomic mass is 79.9. The van der Waals surface area contributed by atoms with Gasteiger partial charge in [-0.15, -0.1) is 0 Å². The topological polar surface area (TPSA) is 42.0 Å². The largest absolute Gasteiger partial charge is 0.322 e. The smallest absolute Gasteiger partial charge is 0.256 e. The third-order valence-corrected chi connectivity index (χ3v) is 7.40. The fourth-order valence-electron chi connectivity index (χ4n) is 3.39. The van der Waals surface area contributed by atoms with Crippen molar-refractivity contribution in [3.63, 3.8) is 0 Å². The Hall–Kier alpha value is -1.73. The number of nitrogens with zero attached hydrogens (tertiary/aromatic N) is 1. The van der Waals surface area contributed by atoms with Crippen molar-refractivity contribution in [1.29, 1.82) is 0 Å². The number of fused-ring (bicyclic) bond motifs is 1. The average Bonchev–Trinajstić information content (AvgIpc) is 2.74. The molecular formula is C24H16Br3ClN2O. The highest BCUT2D eigenvalue weighted by molar-refractivity contribution is 9.11. The first-order valence-corrected chi connectivity index (χ1v) is 12.1. The molecule has 0 aliphatic heterocycles. The summed E-state index contributed by atoms with van der Waals surface area (Å²) >= 11 is 16.8. The van der Waals surface area contributed by atoms with Crippen LogP contribution in [-0.4, -0.2) is 10.9 Å². The van der Waals surface area contributed by atoms with E-state index in [-0.39, 0.29) is 5.91 Å². The molecule has 1 N–H and O–H groups in total. The summed E-state index contributed by atoms with van der Waals surface area (Å²) in [6.45, 7) is 3.87. The Morgan fingerprint density at radius 2 is 1.65 bits per heavy atom. The van der Waals surface area contributed by atoms with Gasteiger partial charge in [-0.2, -0.15) is 0 Å². The number of benzene rings is 3. The molecule has 0 aliphatic rings. The maximum Gasteiger partial charge on any atom is 0.256 e. The SMILES string of the molecule is Cc1c(NC(=O)c2cc(-c3ccc(Br)cc3)nc3c(C)cc(Br)cc23)ccc(Br)c1Cl. The van der Waals surface area contributed by atoms with Gasteiger partial charge < -0.3 is 5.32 Å². The lowest BCUT2D eigenvalue weighted by molar-refractivity contribution is 0.102. The number of carbonyl (C=O) groups is 1. The minimum atomic E-state index is -0.218. The summed E-state index contributed by atoms with van der Waals surface area (Å²) in [4.78, 5) is 18.3. The van der Waals surface area contributed by atoms with Crippen LogP contribution in [0, 0.1) is 13.8 Å². The summed E-state index contributed by atoms with van der Waals surface area (Å²) in [5, 5.41) is 4.38. The molecule has 1 heterocycles. The first-order valence-electron chi connectivity index (χ1n) is 9.37. The van der Waals surface area contributed by atoms with E-state index in [1.54, 1.807) is 0 Å². The molecule has 1 amide bonds. The average molecular weight is 624 g/mol. The number of aromatic nitrogens is 1. The summed E-state index contributed by atoms with van der Waals surface area (Å²) in [5.74, 6) is -0.218. The van der Waals surface area contributed by atoms with Gasteiger partial charge in [-0.25, -0.2) is 4.98 Å². The molecule has 4 aromatic rings. The number of hydrogen-bond acceptors (Lipinski definition) is 2. The normalized spacial score (nSPS) is 11.0. The van der Waals surface area contributed by atoms with E-state index in [1.165, 1.54) is 0 Å². The molecule has 0 radical (unpaired) electrons. The van der Waals surface area contributed by atoms with Crippen molar-refractivity contribution in [2.45, 2.75) is 13.8 Å². The second-order valence-corrected chi connectivity index (χ2v) is 10.2. The molecule has 4 rings (SSSR count). The van der Waals surface area contributed by atoms with Gasteiger partial charge in [0.25, 0.3) is 5.91 Å². The number of rotatable bonds is 3. The maximum absolute atomic E-state index is 13.4. The van der Waals surface area contributed by atoms with E-state index in [9.17, 15) is 4.79 Å². The van der Waals surface area contributed by atoms with Crippen LogP contribution >= 0.6 is 59.4 Å². The first-order chi connectivity index (χ1) is 14.7. The van der Waals surface area contributed by atoms with E-state index in [4.69, 9.17) is 16.6 Å². The molecule has 0 unspecified atom stereocenters. The minimum absolute atomic E-state index is 0.218. The molecule has 156 valence electrons. The van der Waals surface area contributed by atoms with Crippen molar-refractivity contribution in [3.05, 3.63) is 89.7 Å². The summed E-state index contributed by atoms with van der Waals surface area (Å²) in [7, 11) is 0. The Labute approximate surface area is 210 Å². The highest BCUT2D eigenvalue weighted by Gasteiger charge is 2.18. The number of pyridine rings is 1. The second kappa shape index (κ2) is 9.02. The van der Waals surface area contributed by atoms with Crippen molar-refractivity contribution in [1.82, 2.24) is 4.98 Å². The van der Waals surface area contributed by atoms with Gasteiger partial charge in [-0.1, -0.05) is 55.6 Å². The molecule has 0 spiro atoms. The number of aryl methyl sites for hydroxylation is 1. The summed E-state index contributed by atoms with van der Waals surface area (Å²) in [6, 6.07) is 17.3. The highest BCUT2D eigenvalue weighted by Crippen LogP contribution is 2.33. The zero-order chi connectivity index (χ0) is 22.3. The molecule has 0 aliphatic carbocycles. The molecule has 31 heavy (non-hydrogen) atoms. The van der Waals surface area contributed by atoms with Crippen LogP contribution in [0.15, 0.2) is 68.0 Å². The monoisotopic (exact) mass is 620 g/mol. The molecule has 7 heteroatoms. The van der Waals surface area contributed by atoms with Gasteiger partial charge in [0.1, 0.15) is 0 Å². The Bertz CT molecular complexity index is 1340. The van der Waals surface area contributed by atoms with Crippen molar-refractivity contribution < 1.29 is 4.79 Å². The van der Waals surface area contributed by atoms with E-state index in [0.717, 1.165) is 46.7 Å². The van der Waals surface area contributed by atoms with Gasteiger partial charge >= 0.3 is 0 Å². The number of halogens is 4.